The Bertz CT molecular complexity index is 739. The molecule has 3 heterocycles. The molecule has 4 rings (SSSR count). The number of para-hydroxylation sites is 1. The van der Waals surface area contributed by atoms with Crippen molar-refractivity contribution < 1.29 is 4.79 Å². The molecular weight excluding hydrogens is 322 g/mol. The van der Waals surface area contributed by atoms with Gasteiger partial charge >= 0.3 is 0 Å². The Morgan fingerprint density at radius 1 is 0.962 bits per heavy atom. The third-order valence-corrected chi connectivity index (χ3v) is 5.96. The first-order valence-corrected chi connectivity index (χ1v) is 10.1. The van der Waals surface area contributed by atoms with Crippen LogP contribution in [0.25, 0.3) is 10.9 Å². The van der Waals surface area contributed by atoms with Crippen LogP contribution in [0.2, 0.25) is 0 Å². The highest BCUT2D eigenvalue weighted by Crippen LogP contribution is 2.24. The van der Waals surface area contributed by atoms with Crippen LogP contribution < -0.4 is 0 Å². The molecule has 4 heteroatoms. The van der Waals surface area contributed by atoms with Gasteiger partial charge in [-0.15, -0.1) is 0 Å². The molecule has 2 aromatic rings. The van der Waals surface area contributed by atoms with Crippen molar-refractivity contribution in [3.05, 3.63) is 42.1 Å². The van der Waals surface area contributed by atoms with E-state index >= 15 is 0 Å². The Morgan fingerprint density at radius 2 is 1.69 bits per heavy atom. The second-order valence-electron chi connectivity index (χ2n) is 7.78. The lowest BCUT2D eigenvalue weighted by molar-refractivity contribution is -0.137. The minimum absolute atomic E-state index is 0.231. The van der Waals surface area contributed by atoms with Crippen molar-refractivity contribution in [1.29, 1.82) is 0 Å². The number of pyridine rings is 1. The normalized spacial score (nSPS) is 20.2. The maximum absolute atomic E-state index is 12.8. The van der Waals surface area contributed by atoms with Crippen molar-refractivity contribution in [1.82, 2.24) is 14.8 Å². The minimum Gasteiger partial charge on any atom is -0.342 e. The number of hydrogen-bond donors (Lipinski definition) is 0. The molecule has 2 saturated heterocycles. The Kier molecular flexibility index (Phi) is 5.49. The van der Waals surface area contributed by atoms with Gasteiger partial charge in [0.25, 0.3) is 0 Å². The molecule has 1 aromatic heterocycles. The molecule has 2 aliphatic rings. The van der Waals surface area contributed by atoms with Crippen molar-refractivity contribution in [2.24, 2.45) is 5.92 Å². The van der Waals surface area contributed by atoms with Crippen LogP contribution in [0.3, 0.4) is 0 Å². The molecule has 138 valence electrons. The number of carbonyl (C=O) groups excluding carboxylic acids is 1. The molecule has 1 amide bonds. The van der Waals surface area contributed by atoms with E-state index in [0.717, 1.165) is 51.1 Å². The van der Waals surface area contributed by atoms with Gasteiger partial charge in [-0.25, -0.2) is 0 Å². The van der Waals surface area contributed by atoms with Crippen molar-refractivity contribution in [2.45, 2.75) is 45.1 Å². The monoisotopic (exact) mass is 351 g/mol. The lowest BCUT2D eigenvalue weighted by Crippen LogP contribution is -2.42. The Hall–Kier alpha value is -1.94. The first kappa shape index (κ1) is 17.5. The van der Waals surface area contributed by atoms with Gasteiger partial charge in [0.05, 0.1) is 5.52 Å². The lowest BCUT2D eigenvalue weighted by Gasteiger charge is -2.34. The summed E-state index contributed by atoms with van der Waals surface area (Å²) in [7, 11) is 0. The summed E-state index contributed by atoms with van der Waals surface area (Å²) < 4.78 is 0. The molecule has 0 aliphatic carbocycles. The highest BCUT2D eigenvalue weighted by Gasteiger charge is 2.28. The van der Waals surface area contributed by atoms with Crippen LogP contribution in [0.1, 0.15) is 44.1 Å². The maximum atomic E-state index is 12.8. The highest BCUT2D eigenvalue weighted by molar-refractivity contribution is 5.81. The van der Waals surface area contributed by atoms with E-state index in [0.29, 0.717) is 5.91 Å². The summed E-state index contributed by atoms with van der Waals surface area (Å²) in [6.45, 7) is 4.89. The molecular formula is C22H29N3O. The van der Waals surface area contributed by atoms with Crippen LogP contribution in [0, 0.1) is 5.92 Å². The Balaban J connectivity index is 1.35. The van der Waals surface area contributed by atoms with Gasteiger partial charge in [-0.3, -0.25) is 14.7 Å². The van der Waals surface area contributed by atoms with E-state index in [1.165, 1.54) is 36.6 Å². The molecule has 0 atom stereocenters. The van der Waals surface area contributed by atoms with Gasteiger partial charge in [-0.2, -0.15) is 0 Å². The SMILES string of the molecule is O=C(C1CCN(Cc2cccc3cccnc23)CC1)N1CCCCCC1. The van der Waals surface area contributed by atoms with Crippen molar-refractivity contribution in [3.8, 4) is 0 Å². The van der Waals surface area contributed by atoms with Gasteiger partial charge < -0.3 is 4.90 Å². The van der Waals surface area contributed by atoms with Crippen LogP contribution in [0.5, 0.6) is 0 Å². The summed E-state index contributed by atoms with van der Waals surface area (Å²) in [4.78, 5) is 22.0. The molecule has 0 N–H and O–H groups in total. The smallest absolute Gasteiger partial charge is 0.225 e. The fraction of sp³-hybridized carbons (Fsp3) is 0.545. The van der Waals surface area contributed by atoms with E-state index in [9.17, 15) is 4.79 Å². The average Bonchev–Trinajstić information content (AvgIpc) is 2.98. The third-order valence-electron chi connectivity index (χ3n) is 5.96. The summed E-state index contributed by atoms with van der Waals surface area (Å²) >= 11 is 0. The zero-order valence-electron chi connectivity index (χ0n) is 15.6. The summed E-state index contributed by atoms with van der Waals surface area (Å²) in [5.74, 6) is 0.647. The van der Waals surface area contributed by atoms with Crippen LogP contribution in [0.15, 0.2) is 36.5 Å². The van der Waals surface area contributed by atoms with E-state index in [-0.39, 0.29) is 5.92 Å². The molecule has 4 nitrogen and oxygen atoms in total. The minimum atomic E-state index is 0.231. The molecule has 2 fully saturated rings. The number of fused-ring (bicyclic) bond motifs is 1. The number of carbonyl (C=O) groups is 1. The number of amides is 1. The topological polar surface area (TPSA) is 36.4 Å². The number of likely N-dealkylation sites (tertiary alicyclic amines) is 2. The first-order valence-electron chi connectivity index (χ1n) is 10.1. The Morgan fingerprint density at radius 3 is 2.46 bits per heavy atom. The van der Waals surface area contributed by atoms with Crippen LogP contribution in [-0.2, 0) is 11.3 Å². The third kappa shape index (κ3) is 3.90. The predicted molar refractivity (Wildman–Crippen MR) is 105 cm³/mol. The van der Waals surface area contributed by atoms with E-state index in [1.807, 2.05) is 12.3 Å². The predicted octanol–water partition coefficient (Wildman–Crippen LogP) is 3.85. The molecule has 0 bridgehead atoms. The second-order valence-corrected chi connectivity index (χ2v) is 7.78. The molecule has 0 unspecified atom stereocenters. The molecule has 1 aromatic carbocycles. The van der Waals surface area contributed by atoms with Crippen molar-refractivity contribution in [2.75, 3.05) is 26.2 Å². The fourth-order valence-electron chi connectivity index (χ4n) is 4.42. The largest absolute Gasteiger partial charge is 0.342 e. The van der Waals surface area contributed by atoms with Gasteiger partial charge in [0.2, 0.25) is 5.91 Å². The first-order chi connectivity index (χ1) is 12.8. The summed E-state index contributed by atoms with van der Waals surface area (Å²) in [5, 5.41) is 1.20. The quantitative estimate of drug-likeness (QED) is 0.843. The van der Waals surface area contributed by atoms with Crippen LogP contribution in [0.4, 0.5) is 0 Å². The van der Waals surface area contributed by atoms with Crippen LogP contribution in [-0.4, -0.2) is 46.9 Å². The lowest BCUT2D eigenvalue weighted by atomic mass is 9.94. The van der Waals surface area contributed by atoms with Crippen molar-refractivity contribution >= 4 is 16.8 Å². The zero-order valence-corrected chi connectivity index (χ0v) is 15.6. The molecule has 0 radical (unpaired) electrons. The van der Waals surface area contributed by atoms with E-state index in [4.69, 9.17) is 0 Å². The Labute approximate surface area is 156 Å². The summed E-state index contributed by atoms with van der Waals surface area (Å²) in [6, 6.07) is 10.5. The van der Waals surface area contributed by atoms with Gasteiger partial charge in [0.1, 0.15) is 0 Å². The number of benzene rings is 1. The summed E-state index contributed by atoms with van der Waals surface area (Å²) in [6.07, 6.45) is 8.78. The van der Waals surface area contributed by atoms with Crippen LogP contribution >= 0.6 is 0 Å². The van der Waals surface area contributed by atoms with E-state index in [2.05, 4.69) is 39.0 Å². The number of hydrogen-bond acceptors (Lipinski definition) is 3. The molecule has 0 saturated carbocycles. The standard InChI is InChI=1S/C22H29N3O/c26-22(25-13-3-1-2-4-14-25)19-10-15-24(16-11-19)17-20-8-5-7-18-9-6-12-23-21(18)20/h5-9,12,19H,1-4,10-11,13-17H2. The van der Waals surface area contributed by atoms with Gasteiger partial charge in [0.15, 0.2) is 0 Å². The number of piperidine rings is 1. The molecule has 26 heavy (non-hydrogen) atoms. The van der Waals surface area contributed by atoms with E-state index < -0.39 is 0 Å². The number of nitrogens with zero attached hydrogens (tertiary/aromatic N) is 3. The highest BCUT2D eigenvalue weighted by atomic mass is 16.2. The maximum Gasteiger partial charge on any atom is 0.225 e. The van der Waals surface area contributed by atoms with Crippen molar-refractivity contribution in [3.63, 3.8) is 0 Å². The molecule has 0 spiro atoms. The van der Waals surface area contributed by atoms with Gasteiger partial charge in [-0.1, -0.05) is 37.1 Å². The average molecular weight is 351 g/mol. The zero-order chi connectivity index (χ0) is 17.8. The molecule has 2 aliphatic heterocycles. The van der Waals surface area contributed by atoms with E-state index in [1.54, 1.807) is 0 Å². The second kappa shape index (κ2) is 8.17. The van der Waals surface area contributed by atoms with Gasteiger partial charge in [0, 0.05) is 37.1 Å². The number of rotatable bonds is 3. The van der Waals surface area contributed by atoms with Gasteiger partial charge in [-0.05, 0) is 50.4 Å². The fourth-order valence-corrected chi connectivity index (χ4v) is 4.42. The summed E-state index contributed by atoms with van der Waals surface area (Å²) in [5.41, 5.74) is 2.40. The number of aromatic nitrogens is 1.